The molecule has 0 aliphatic carbocycles. The minimum atomic E-state index is -2.05. The lowest BCUT2D eigenvalue weighted by atomic mass is 10.1. The van der Waals surface area contributed by atoms with Crippen molar-refractivity contribution in [2.45, 2.75) is 97.3 Å². The average Bonchev–Trinajstić information content (AvgIpc) is 3.44. The molecule has 0 bridgehead atoms. The monoisotopic (exact) mass is 627 g/mol. The fraction of sp³-hybridized carbons (Fsp3) is 0.667. The summed E-state index contributed by atoms with van der Waals surface area (Å²) >= 11 is 0. The number of ether oxygens (including phenoxy) is 7. The van der Waals surface area contributed by atoms with E-state index in [0.717, 1.165) is 6.33 Å². The summed E-state index contributed by atoms with van der Waals surface area (Å²) in [5.74, 6) is -2.06. The maximum atomic E-state index is 16.1. The third-order valence-electron chi connectivity index (χ3n) is 5.57. The predicted molar refractivity (Wildman–Crippen MR) is 148 cm³/mol. The molecule has 3 heterocycles. The van der Waals surface area contributed by atoms with Crippen LogP contribution in [0.1, 0.15) is 61.6 Å². The van der Waals surface area contributed by atoms with E-state index in [1.807, 2.05) is 0 Å². The first-order valence-corrected chi connectivity index (χ1v) is 13.9. The SMILES string of the molecule is CCOC(=O)C(OC[C@H]1O[C@@H](n2cnc3c(NC(=O)OC(C)(C)C)ncnc32)[C@H](F)[C@@H]1OC(=O)OC(C)(C)C)C(=O)OCC. The zero-order valence-corrected chi connectivity index (χ0v) is 25.8. The molecule has 2 aromatic heterocycles. The second kappa shape index (κ2) is 14.1. The van der Waals surface area contributed by atoms with Crippen molar-refractivity contribution >= 4 is 41.2 Å². The normalized spacial score (nSPS) is 20.3. The van der Waals surface area contributed by atoms with Gasteiger partial charge < -0.3 is 33.2 Å². The van der Waals surface area contributed by atoms with E-state index in [2.05, 4.69) is 20.3 Å². The van der Waals surface area contributed by atoms with E-state index in [0.29, 0.717) is 0 Å². The van der Waals surface area contributed by atoms with Crippen molar-refractivity contribution in [1.82, 2.24) is 19.5 Å². The van der Waals surface area contributed by atoms with E-state index in [-0.39, 0.29) is 30.2 Å². The number of amides is 1. The molecule has 0 spiro atoms. The number of carbonyl (C=O) groups excluding carboxylic acids is 4. The minimum Gasteiger partial charge on any atom is -0.464 e. The Hall–Kier alpha value is -4.12. The lowest BCUT2D eigenvalue weighted by Crippen LogP contribution is -2.42. The Labute approximate surface area is 252 Å². The zero-order chi connectivity index (χ0) is 32.8. The van der Waals surface area contributed by atoms with Crippen LogP contribution in [0, 0.1) is 0 Å². The summed E-state index contributed by atoms with van der Waals surface area (Å²) in [5, 5.41) is 2.48. The van der Waals surface area contributed by atoms with E-state index in [4.69, 9.17) is 33.2 Å². The summed E-state index contributed by atoms with van der Waals surface area (Å²) in [7, 11) is 0. The molecule has 1 aliphatic heterocycles. The van der Waals surface area contributed by atoms with Crippen LogP contribution in [-0.2, 0) is 42.7 Å². The van der Waals surface area contributed by atoms with Gasteiger partial charge in [-0.3, -0.25) is 9.88 Å². The topological polar surface area (TPSA) is 189 Å². The van der Waals surface area contributed by atoms with Crippen molar-refractivity contribution in [3.63, 3.8) is 0 Å². The number of nitrogens with one attached hydrogen (secondary N) is 1. The summed E-state index contributed by atoms with van der Waals surface area (Å²) in [6.07, 6.45) is -7.99. The molecule has 0 unspecified atom stereocenters. The van der Waals surface area contributed by atoms with Gasteiger partial charge in [-0.25, -0.2) is 38.5 Å². The number of esters is 2. The highest BCUT2D eigenvalue weighted by Gasteiger charge is 2.50. The summed E-state index contributed by atoms with van der Waals surface area (Å²) in [6, 6.07) is 0. The van der Waals surface area contributed by atoms with Crippen molar-refractivity contribution in [3.05, 3.63) is 12.7 Å². The molecular weight excluding hydrogens is 589 g/mol. The number of hydrogen-bond donors (Lipinski definition) is 1. The Morgan fingerprint density at radius 2 is 1.59 bits per heavy atom. The van der Waals surface area contributed by atoms with Crippen LogP contribution in [-0.4, -0.2) is 99.2 Å². The van der Waals surface area contributed by atoms with Crippen LogP contribution in [0.2, 0.25) is 0 Å². The molecule has 1 amide bonds. The molecule has 1 saturated heterocycles. The number of aromatic nitrogens is 4. The van der Waals surface area contributed by atoms with E-state index in [9.17, 15) is 19.2 Å². The number of fused-ring (bicyclic) bond motifs is 1. The number of anilines is 1. The smallest absolute Gasteiger partial charge is 0.464 e. The van der Waals surface area contributed by atoms with Gasteiger partial charge in [0.25, 0.3) is 6.10 Å². The number of nitrogens with zero attached hydrogens (tertiary/aromatic N) is 4. The second-order valence-electron chi connectivity index (χ2n) is 11.4. The van der Waals surface area contributed by atoms with Crippen LogP contribution in [0.5, 0.6) is 0 Å². The Balaban J connectivity index is 1.90. The molecule has 4 atom stereocenters. The first kappa shape index (κ1) is 34.4. The van der Waals surface area contributed by atoms with Gasteiger partial charge >= 0.3 is 24.2 Å². The summed E-state index contributed by atoms with van der Waals surface area (Å²) < 4.78 is 54.2. The number of rotatable bonds is 10. The number of carbonyl (C=O) groups is 4. The molecule has 0 saturated carbocycles. The Morgan fingerprint density at radius 3 is 2.16 bits per heavy atom. The number of halogens is 1. The van der Waals surface area contributed by atoms with E-state index < -0.39 is 72.7 Å². The van der Waals surface area contributed by atoms with Gasteiger partial charge in [0.1, 0.15) is 23.6 Å². The number of hydrogen-bond acceptors (Lipinski definition) is 14. The molecule has 244 valence electrons. The maximum absolute atomic E-state index is 16.1. The molecule has 44 heavy (non-hydrogen) atoms. The van der Waals surface area contributed by atoms with Gasteiger partial charge in [0.15, 0.2) is 35.5 Å². The first-order valence-electron chi connectivity index (χ1n) is 13.9. The van der Waals surface area contributed by atoms with Crippen LogP contribution < -0.4 is 5.32 Å². The quantitative estimate of drug-likeness (QED) is 0.230. The highest BCUT2D eigenvalue weighted by molar-refractivity contribution is 5.98. The third kappa shape index (κ3) is 8.95. The van der Waals surface area contributed by atoms with Crippen LogP contribution in [0.25, 0.3) is 11.2 Å². The Morgan fingerprint density at radius 1 is 0.977 bits per heavy atom. The number of imidazole rings is 1. The maximum Gasteiger partial charge on any atom is 0.509 e. The molecule has 17 heteroatoms. The Bertz CT molecular complexity index is 1320. The second-order valence-corrected chi connectivity index (χ2v) is 11.4. The van der Waals surface area contributed by atoms with Crippen LogP contribution >= 0.6 is 0 Å². The van der Waals surface area contributed by atoms with Crippen molar-refractivity contribution in [3.8, 4) is 0 Å². The Kier molecular flexibility index (Phi) is 11.0. The van der Waals surface area contributed by atoms with Gasteiger partial charge in [-0.1, -0.05) is 0 Å². The molecule has 16 nitrogen and oxygen atoms in total. The van der Waals surface area contributed by atoms with Gasteiger partial charge in [-0.2, -0.15) is 0 Å². The highest BCUT2D eigenvalue weighted by Crippen LogP contribution is 2.36. The molecule has 1 aliphatic rings. The lowest BCUT2D eigenvalue weighted by molar-refractivity contribution is -0.177. The van der Waals surface area contributed by atoms with E-state index in [1.54, 1.807) is 41.5 Å². The van der Waals surface area contributed by atoms with E-state index >= 15 is 4.39 Å². The number of alkyl halides is 1. The zero-order valence-electron chi connectivity index (χ0n) is 25.8. The van der Waals surface area contributed by atoms with Crippen LogP contribution in [0.15, 0.2) is 12.7 Å². The third-order valence-corrected chi connectivity index (χ3v) is 5.57. The summed E-state index contributed by atoms with van der Waals surface area (Å²) in [6.45, 7) is 12.2. The molecule has 2 aromatic rings. The molecule has 1 fully saturated rings. The van der Waals surface area contributed by atoms with Crippen molar-refractivity contribution < 1.29 is 56.7 Å². The molecule has 1 N–H and O–H groups in total. The molecule has 3 rings (SSSR count). The lowest BCUT2D eigenvalue weighted by Gasteiger charge is -2.24. The fourth-order valence-electron chi connectivity index (χ4n) is 3.97. The highest BCUT2D eigenvalue weighted by atomic mass is 19.1. The predicted octanol–water partition coefficient (Wildman–Crippen LogP) is 3.24. The van der Waals surface area contributed by atoms with Gasteiger partial charge in [0.05, 0.1) is 26.1 Å². The molecular formula is C27H38FN5O11. The average molecular weight is 628 g/mol. The van der Waals surface area contributed by atoms with E-state index in [1.165, 1.54) is 24.7 Å². The van der Waals surface area contributed by atoms with Crippen LogP contribution in [0.4, 0.5) is 19.8 Å². The van der Waals surface area contributed by atoms with Gasteiger partial charge in [0, 0.05) is 0 Å². The van der Waals surface area contributed by atoms with Crippen molar-refractivity contribution in [2.75, 3.05) is 25.1 Å². The van der Waals surface area contributed by atoms with Gasteiger partial charge in [0.2, 0.25) is 0 Å². The first-order chi connectivity index (χ1) is 20.5. The minimum absolute atomic E-state index is 0.00967. The summed E-state index contributed by atoms with van der Waals surface area (Å²) in [5.41, 5.74) is -1.59. The standard InChI is InChI=1S/C27H38FN5O11/c1-9-38-22(34)18(23(35)39-10-2)40-11-14-17(42-25(37)44-27(6,7)8)15(28)21(41-14)33-13-31-16-19(29-12-30-20(16)33)32-24(36)43-26(3,4)5/h12-15,17-18,21H,9-11H2,1-8H3,(H,29,30,32,36)/t14-,15-,17-,21-/m1/s1. The van der Waals surface area contributed by atoms with Crippen molar-refractivity contribution in [2.24, 2.45) is 0 Å². The van der Waals surface area contributed by atoms with Crippen molar-refractivity contribution in [1.29, 1.82) is 0 Å². The molecule has 0 aromatic carbocycles. The van der Waals surface area contributed by atoms with Gasteiger partial charge in [-0.05, 0) is 55.4 Å². The molecule has 0 radical (unpaired) electrons. The van der Waals surface area contributed by atoms with Crippen LogP contribution in [0.3, 0.4) is 0 Å². The fourth-order valence-corrected chi connectivity index (χ4v) is 3.97. The largest absolute Gasteiger partial charge is 0.509 e. The summed E-state index contributed by atoms with van der Waals surface area (Å²) in [4.78, 5) is 62.0. The van der Waals surface area contributed by atoms with Gasteiger partial charge in [-0.15, -0.1) is 0 Å².